The number of phenols is 1. The van der Waals surface area contributed by atoms with Gasteiger partial charge in [0.1, 0.15) is 11.6 Å². The highest BCUT2D eigenvalue weighted by molar-refractivity contribution is 5.97. The summed E-state index contributed by atoms with van der Waals surface area (Å²) in [4.78, 5) is 9.93. The van der Waals surface area contributed by atoms with Crippen LogP contribution in [0.25, 0.3) is 72.7 Å². The first kappa shape index (κ1) is 24.1. The van der Waals surface area contributed by atoms with Crippen molar-refractivity contribution in [2.45, 2.75) is 92.0 Å². The third-order valence-corrected chi connectivity index (χ3v) is 11.0. The lowest BCUT2D eigenvalue weighted by Crippen LogP contribution is -2.17. The number of aryl methyl sites for hydroxylation is 2. The smallest absolute Gasteiger partial charge is 0.149 e. The zero-order valence-corrected chi connectivity index (χ0v) is 34.1. The van der Waals surface area contributed by atoms with Gasteiger partial charge in [0.25, 0.3) is 0 Å². The molecule has 0 atom stereocenters. The van der Waals surface area contributed by atoms with E-state index in [0.29, 0.717) is 34.1 Å². The van der Waals surface area contributed by atoms with Gasteiger partial charge in [0.2, 0.25) is 0 Å². The number of hydrogen-bond acceptors (Lipinski definition) is 3. The summed E-state index contributed by atoms with van der Waals surface area (Å²) in [6.45, 7) is -14.2. The molecule has 0 aliphatic rings. The van der Waals surface area contributed by atoms with E-state index in [4.69, 9.17) is 34.6 Å². The third-order valence-electron chi connectivity index (χ3n) is 11.0. The number of benzene rings is 6. The first-order valence-electron chi connectivity index (χ1n) is 28.6. The Morgan fingerprint density at radius 3 is 1.88 bits per heavy atom. The van der Waals surface area contributed by atoms with Gasteiger partial charge in [-0.15, -0.1) is 0 Å². The van der Waals surface area contributed by atoms with Gasteiger partial charge in [-0.05, 0) is 129 Å². The third kappa shape index (κ3) is 7.68. The molecule has 0 aliphatic carbocycles. The Labute approximate surface area is 382 Å². The van der Waals surface area contributed by atoms with E-state index in [2.05, 4.69) is 0 Å². The van der Waals surface area contributed by atoms with Crippen molar-refractivity contribution in [3.63, 3.8) is 0 Å². The summed E-state index contributed by atoms with van der Waals surface area (Å²) in [7, 11) is 0. The van der Waals surface area contributed by atoms with Crippen molar-refractivity contribution >= 4 is 11.0 Å². The van der Waals surface area contributed by atoms with Crippen LogP contribution in [-0.4, -0.2) is 19.6 Å². The van der Waals surface area contributed by atoms with Crippen LogP contribution in [0, 0.1) is 13.8 Å². The van der Waals surface area contributed by atoms with Gasteiger partial charge in [-0.1, -0.05) is 147 Å². The minimum absolute atomic E-state index is 0.197. The molecule has 0 saturated carbocycles. The topological polar surface area (TPSA) is 50.9 Å². The van der Waals surface area contributed by atoms with Crippen LogP contribution in [0.15, 0.2) is 140 Å². The van der Waals surface area contributed by atoms with Gasteiger partial charge < -0.3 is 5.11 Å². The molecule has 0 fully saturated rings. The second kappa shape index (κ2) is 15.1. The first-order valence-corrected chi connectivity index (χ1v) is 19.6. The number of hydrogen-bond donors (Lipinski definition) is 1. The van der Waals surface area contributed by atoms with Gasteiger partial charge in [-0.25, -0.2) is 4.98 Å². The average molecular weight is 806 g/mol. The van der Waals surface area contributed by atoms with Crippen LogP contribution in [0.3, 0.4) is 0 Å². The summed E-state index contributed by atoms with van der Waals surface area (Å²) >= 11 is 0. The quantitative estimate of drug-likeness (QED) is 0.182. The number of phenolic OH excluding ortho intramolecular Hbond substituents is 1. The van der Waals surface area contributed by atoms with Crippen LogP contribution in [0.2, 0.25) is 0 Å². The number of pyridine rings is 1. The molecule has 1 N–H and O–H groups in total. The lowest BCUT2D eigenvalue weighted by molar-refractivity contribution is 0.446. The van der Waals surface area contributed by atoms with Crippen molar-refractivity contribution < 1.29 is 29.8 Å². The molecule has 2 aromatic heterocycles. The van der Waals surface area contributed by atoms with Gasteiger partial charge >= 0.3 is 0 Å². The van der Waals surface area contributed by atoms with E-state index in [0.717, 1.165) is 50.6 Å². The Kier molecular flexibility index (Phi) is 6.06. The Balaban J connectivity index is 1.55. The maximum Gasteiger partial charge on any atom is 0.149 e. The molecule has 8 rings (SSSR count). The predicted molar refractivity (Wildman–Crippen MR) is 253 cm³/mol. The normalized spacial score (nSPS) is 18.0. The lowest BCUT2D eigenvalue weighted by Gasteiger charge is -2.27. The van der Waals surface area contributed by atoms with Crippen molar-refractivity contribution in [1.82, 2.24) is 14.5 Å². The van der Waals surface area contributed by atoms with Gasteiger partial charge in [-0.3, -0.25) is 9.55 Å². The highest BCUT2D eigenvalue weighted by atomic mass is 16.3. The summed E-state index contributed by atoms with van der Waals surface area (Å²) in [6, 6.07) is 38.4. The van der Waals surface area contributed by atoms with Crippen LogP contribution in [0.1, 0.15) is 114 Å². The number of aromatic nitrogens is 3. The van der Waals surface area contributed by atoms with Crippen LogP contribution in [-0.2, 0) is 16.2 Å². The lowest BCUT2D eigenvalue weighted by atomic mass is 9.79. The second-order valence-corrected chi connectivity index (χ2v) is 16.5. The number of para-hydroxylation sites is 1. The summed E-state index contributed by atoms with van der Waals surface area (Å²) in [5.41, 5.74) is -2.05. The summed E-state index contributed by atoms with van der Waals surface area (Å²) in [6.07, 6.45) is 1.74. The molecule has 0 aliphatic heterocycles. The molecule has 0 spiro atoms. The molecule has 6 aromatic carbocycles. The fourth-order valence-corrected chi connectivity index (χ4v) is 7.89. The van der Waals surface area contributed by atoms with Crippen molar-refractivity contribution in [1.29, 1.82) is 0 Å². The minimum Gasteiger partial charge on any atom is -0.507 e. The average Bonchev–Trinajstić information content (AvgIpc) is 3.73. The zero-order chi connectivity index (χ0) is 57.7. The maximum absolute atomic E-state index is 12.8. The summed E-state index contributed by atoms with van der Waals surface area (Å²) in [5, 5.41) is 12.8. The second-order valence-electron chi connectivity index (χ2n) is 16.5. The van der Waals surface area contributed by atoms with E-state index in [9.17, 15) is 5.11 Å². The van der Waals surface area contributed by atoms with E-state index in [1.165, 1.54) is 4.57 Å². The van der Waals surface area contributed by atoms with E-state index in [1.807, 2.05) is 113 Å². The van der Waals surface area contributed by atoms with E-state index in [-0.39, 0.29) is 5.52 Å². The van der Waals surface area contributed by atoms with E-state index >= 15 is 0 Å². The Morgan fingerprint density at radius 2 is 1.20 bits per heavy atom. The number of nitrogens with zero attached hydrogens (tertiary/aromatic N) is 3. The van der Waals surface area contributed by atoms with Gasteiger partial charge in [0, 0.05) is 53.2 Å². The van der Waals surface area contributed by atoms with Crippen molar-refractivity contribution in [2.24, 2.45) is 0 Å². The Hall–Kier alpha value is -6.26. The van der Waals surface area contributed by atoms with Gasteiger partial charge in [0.15, 0.2) is 0 Å². The van der Waals surface area contributed by atoms with E-state index in [1.54, 1.807) is 48.7 Å². The SMILES string of the molecule is [2H]C([2H])([2H])C(c1cc(-c2nc3c(-c4cc(-c5cc(-c6c(C)cccc6C)ccn5)cc(C(C)(C)C)c4)cccc3n2-c2ccc(-c3ccccc3)cc2)c(O)c(C(C([2H])([2H])[2H])(C([2H])([2H])[2H])C([2H])([2H])[2H])c1)(C([2H])([2H])[2H])C([2H])([2H])[2H]. The van der Waals surface area contributed by atoms with Crippen molar-refractivity contribution in [2.75, 3.05) is 0 Å². The first-order chi connectivity index (χ1) is 35.9. The molecule has 2 heterocycles. The molecule has 0 unspecified atom stereocenters. The monoisotopic (exact) mass is 806 g/mol. The summed E-state index contributed by atoms with van der Waals surface area (Å²) in [5.74, 6) is -1.74. The van der Waals surface area contributed by atoms with Crippen LogP contribution in [0.5, 0.6) is 5.75 Å². The molecular formula is C56H57N3O. The summed E-state index contributed by atoms with van der Waals surface area (Å²) < 4.78 is 158. The van der Waals surface area contributed by atoms with Crippen LogP contribution < -0.4 is 0 Å². The highest BCUT2D eigenvalue weighted by Gasteiger charge is 2.29. The number of rotatable bonds is 6. The Morgan fingerprint density at radius 1 is 0.550 bits per heavy atom. The van der Waals surface area contributed by atoms with Gasteiger partial charge in [0.05, 0.1) is 22.3 Å². The molecule has 4 heteroatoms. The fraction of sp³-hybridized carbons (Fsp3) is 0.250. The molecule has 0 radical (unpaired) electrons. The van der Waals surface area contributed by atoms with Gasteiger partial charge in [-0.2, -0.15) is 0 Å². The zero-order valence-electron chi connectivity index (χ0n) is 52.1. The van der Waals surface area contributed by atoms with E-state index < -0.39 is 85.6 Å². The largest absolute Gasteiger partial charge is 0.507 e. The molecule has 4 nitrogen and oxygen atoms in total. The molecule has 60 heavy (non-hydrogen) atoms. The fourth-order valence-electron chi connectivity index (χ4n) is 7.89. The molecule has 0 amide bonds. The Bertz CT molecular complexity index is 3470. The molecular weight excluding hydrogens is 731 g/mol. The predicted octanol–water partition coefficient (Wildman–Crippen LogP) is 15.0. The van der Waals surface area contributed by atoms with Crippen LogP contribution in [0.4, 0.5) is 0 Å². The molecule has 0 bridgehead atoms. The van der Waals surface area contributed by atoms with Crippen LogP contribution >= 0.6 is 0 Å². The molecule has 302 valence electrons. The maximum atomic E-state index is 12.8. The molecule has 8 aromatic rings. The number of fused-ring (bicyclic) bond motifs is 1. The molecule has 0 saturated heterocycles. The van der Waals surface area contributed by atoms with Crippen molar-refractivity contribution in [3.8, 4) is 67.5 Å². The standard InChI is InChI=1S/C56H57N3O/c1-35-17-15-18-36(2)50(35)39-27-28-57-48(32-39)41-29-40(30-42(31-41)54(3,4)5)45-21-16-22-49-51(45)58-53(46-33-43(55(6,7)8)34-47(52(46)60)56(9,10)11)59(49)44-25-23-38(24-26-44)37-19-13-12-14-20-37/h12-34,60H,1-11H3/i6D3,7D3,8D3,9D3,10D3,11D3. The van der Waals surface area contributed by atoms with Crippen molar-refractivity contribution in [3.05, 3.63) is 167 Å². The number of imidazole rings is 1. The minimum atomic E-state index is -4.11. The number of aromatic hydroxyl groups is 1. The highest BCUT2D eigenvalue weighted by Crippen LogP contribution is 2.45.